The Bertz CT molecular complexity index is 383. The summed E-state index contributed by atoms with van der Waals surface area (Å²) in [5.41, 5.74) is 0. The first-order valence-electron chi connectivity index (χ1n) is 6.03. The summed E-state index contributed by atoms with van der Waals surface area (Å²) >= 11 is 0. The van der Waals surface area contributed by atoms with Gasteiger partial charge >= 0.3 is 5.97 Å². The Morgan fingerprint density at radius 2 is 1.94 bits per heavy atom. The van der Waals surface area contributed by atoms with Gasteiger partial charge in [0.05, 0.1) is 6.54 Å². The molecule has 0 aliphatic carbocycles. The van der Waals surface area contributed by atoms with Crippen molar-refractivity contribution < 1.29 is 18.3 Å². The van der Waals surface area contributed by atoms with Crippen molar-refractivity contribution >= 4 is 16.2 Å². The Morgan fingerprint density at radius 1 is 1.28 bits per heavy atom. The molecule has 0 aromatic heterocycles. The first-order chi connectivity index (χ1) is 8.31. The second kappa shape index (κ2) is 6.46. The van der Waals surface area contributed by atoms with Crippen LogP contribution in [0.2, 0.25) is 0 Å². The number of carboxylic acid groups (broad SMARTS) is 1. The van der Waals surface area contributed by atoms with Gasteiger partial charge in [-0.15, -0.1) is 0 Å². The molecule has 1 rings (SSSR count). The van der Waals surface area contributed by atoms with Crippen LogP contribution in [0.5, 0.6) is 0 Å². The molecule has 7 nitrogen and oxygen atoms in total. The first-order valence-corrected chi connectivity index (χ1v) is 7.47. The fourth-order valence-corrected chi connectivity index (χ4v) is 3.35. The van der Waals surface area contributed by atoms with Gasteiger partial charge in [-0.05, 0) is 20.3 Å². The molecule has 18 heavy (non-hydrogen) atoms. The molecule has 8 heteroatoms. The minimum Gasteiger partial charge on any atom is -0.480 e. The maximum absolute atomic E-state index is 12.0. The van der Waals surface area contributed by atoms with E-state index in [1.165, 1.54) is 4.31 Å². The van der Waals surface area contributed by atoms with Crippen LogP contribution in [0.1, 0.15) is 20.3 Å². The van der Waals surface area contributed by atoms with Crippen LogP contribution in [0, 0.1) is 0 Å². The highest BCUT2D eigenvalue weighted by atomic mass is 32.2. The van der Waals surface area contributed by atoms with Crippen molar-refractivity contribution in [3.8, 4) is 0 Å². The van der Waals surface area contributed by atoms with Crippen molar-refractivity contribution in [2.75, 3.05) is 32.7 Å². The standard InChI is InChI=1S/C10H21N3O4S/c1-9(2)11-18(16,17)13-5-3-4-12(6-7-13)8-10(14)15/h9,11H,3-8H2,1-2H3,(H,14,15). The van der Waals surface area contributed by atoms with E-state index in [0.29, 0.717) is 32.6 Å². The normalized spacial score (nSPS) is 19.9. The van der Waals surface area contributed by atoms with E-state index in [1.54, 1.807) is 18.7 Å². The number of nitrogens with one attached hydrogen (secondary N) is 1. The van der Waals surface area contributed by atoms with Gasteiger partial charge in [-0.3, -0.25) is 9.69 Å². The zero-order chi connectivity index (χ0) is 13.8. The molecular weight excluding hydrogens is 258 g/mol. The van der Waals surface area contributed by atoms with Gasteiger partial charge in [0.25, 0.3) is 10.2 Å². The van der Waals surface area contributed by atoms with Crippen LogP contribution in [0.25, 0.3) is 0 Å². The SMILES string of the molecule is CC(C)NS(=O)(=O)N1CCCN(CC(=O)O)CC1. The van der Waals surface area contributed by atoms with Crippen molar-refractivity contribution in [3.05, 3.63) is 0 Å². The summed E-state index contributed by atoms with van der Waals surface area (Å²) in [6.45, 7) is 5.32. The topological polar surface area (TPSA) is 90.0 Å². The number of hydrogen-bond donors (Lipinski definition) is 2. The average molecular weight is 279 g/mol. The van der Waals surface area contributed by atoms with E-state index in [1.807, 2.05) is 0 Å². The second-order valence-corrected chi connectivity index (χ2v) is 6.40. The molecule has 2 N–H and O–H groups in total. The Hall–Kier alpha value is -0.700. The molecule has 1 fully saturated rings. The Morgan fingerprint density at radius 3 is 2.50 bits per heavy atom. The van der Waals surface area contributed by atoms with Crippen LogP contribution >= 0.6 is 0 Å². The van der Waals surface area contributed by atoms with Crippen LogP contribution in [-0.2, 0) is 15.0 Å². The molecule has 1 saturated heterocycles. The zero-order valence-corrected chi connectivity index (χ0v) is 11.6. The summed E-state index contributed by atoms with van der Waals surface area (Å²) in [6, 6.07) is -0.145. The quantitative estimate of drug-likeness (QED) is 0.696. The van der Waals surface area contributed by atoms with Crippen LogP contribution in [0.3, 0.4) is 0 Å². The number of carbonyl (C=O) groups is 1. The molecule has 0 unspecified atom stereocenters. The van der Waals surface area contributed by atoms with Gasteiger partial charge in [0.2, 0.25) is 0 Å². The van der Waals surface area contributed by atoms with Gasteiger partial charge in [0.1, 0.15) is 0 Å². The van der Waals surface area contributed by atoms with Gasteiger partial charge in [-0.1, -0.05) is 0 Å². The molecule has 0 aromatic carbocycles. The fourth-order valence-electron chi connectivity index (χ4n) is 1.91. The lowest BCUT2D eigenvalue weighted by Gasteiger charge is -2.22. The Labute approximate surface area is 108 Å². The summed E-state index contributed by atoms with van der Waals surface area (Å²) in [7, 11) is -3.45. The van der Waals surface area contributed by atoms with Gasteiger partial charge in [0, 0.05) is 32.2 Å². The Kier molecular flexibility index (Phi) is 5.51. The first kappa shape index (κ1) is 15.4. The third-order valence-electron chi connectivity index (χ3n) is 2.63. The third-order valence-corrected chi connectivity index (χ3v) is 4.45. The fraction of sp³-hybridized carbons (Fsp3) is 0.900. The molecule has 0 spiro atoms. The van der Waals surface area contributed by atoms with E-state index in [9.17, 15) is 13.2 Å². The average Bonchev–Trinajstić information content (AvgIpc) is 2.40. The molecule has 0 saturated carbocycles. The van der Waals surface area contributed by atoms with Crippen molar-refractivity contribution in [2.24, 2.45) is 0 Å². The lowest BCUT2D eigenvalue weighted by molar-refractivity contribution is -0.138. The molecule has 106 valence electrons. The third kappa shape index (κ3) is 4.89. The number of rotatable bonds is 5. The van der Waals surface area contributed by atoms with E-state index < -0.39 is 16.2 Å². The lowest BCUT2D eigenvalue weighted by atomic mass is 10.4. The summed E-state index contributed by atoms with van der Waals surface area (Å²) in [4.78, 5) is 12.4. The zero-order valence-electron chi connectivity index (χ0n) is 10.8. The molecule has 0 aromatic rings. The maximum atomic E-state index is 12.0. The molecular formula is C10H21N3O4S. The highest BCUT2D eigenvalue weighted by molar-refractivity contribution is 7.87. The number of nitrogens with zero attached hydrogens (tertiary/aromatic N) is 2. The van der Waals surface area contributed by atoms with E-state index >= 15 is 0 Å². The molecule has 0 radical (unpaired) electrons. The predicted molar refractivity (Wildman–Crippen MR) is 67.5 cm³/mol. The number of hydrogen-bond acceptors (Lipinski definition) is 4. The van der Waals surface area contributed by atoms with E-state index in [-0.39, 0.29) is 12.6 Å². The van der Waals surface area contributed by atoms with Crippen LogP contribution < -0.4 is 4.72 Å². The number of aliphatic carboxylic acids is 1. The van der Waals surface area contributed by atoms with Gasteiger partial charge in [-0.2, -0.15) is 17.4 Å². The molecule has 0 amide bonds. The van der Waals surface area contributed by atoms with Crippen LogP contribution in [-0.4, -0.2) is 67.5 Å². The summed E-state index contributed by atoms with van der Waals surface area (Å²) < 4.78 is 27.8. The minimum atomic E-state index is -3.45. The Balaban J connectivity index is 2.58. The van der Waals surface area contributed by atoms with Crippen molar-refractivity contribution in [1.82, 2.24) is 13.9 Å². The van der Waals surface area contributed by atoms with E-state index in [0.717, 1.165) is 0 Å². The van der Waals surface area contributed by atoms with E-state index in [2.05, 4.69) is 4.72 Å². The smallest absolute Gasteiger partial charge is 0.317 e. The summed E-state index contributed by atoms with van der Waals surface area (Å²) in [5, 5.41) is 8.72. The number of carboxylic acids is 1. The second-order valence-electron chi connectivity index (χ2n) is 4.70. The van der Waals surface area contributed by atoms with Crippen LogP contribution in [0.4, 0.5) is 0 Å². The van der Waals surface area contributed by atoms with Gasteiger partial charge in [0.15, 0.2) is 0 Å². The van der Waals surface area contributed by atoms with Crippen LogP contribution in [0.15, 0.2) is 0 Å². The minimum absolute atomic E-state index is 0.0362. The van der Waals surface area contributed by atoms with Crippen molar-refractivity contribution in [3.63, 3.8) is 0 Å². The maximum Gasteiger partial charge on any atom is 0.317 e. The highest BCUT2D eigenvalue weighted by Crippen LogP contribution is 2.07. The van der Waals surface area contributed by atoms with Gasteiger partial charge < -0.3 is 5.11 Å². The molecule has 1 aliphatic rings. The lowest BCUT2D eigenvalue weighted by Crippen LogP contribution is -2.45. The highest BCUT2D eigenvalue weighted by Gasteiger charge is 2.25. The molecule has 1 aliphatic heterocycles. The monoisotopic (exact) mass is 279 g/mol. The van der Waals surface area contributed by atoms with Gasteiger partial charge in [-0.25, -0.2) is 0 Å². The predicted octanol–water partition coefficient (Wildman–Crippen LogP) is -0.678. The van der Waals surface area contributed by atoms with Crippen molar-refractivity contribution in [1.29, 1.82) is 0 Å². The summed E-state index contributed by atoms with van der Waals surface area (Å²) in [6.07, 6.45) is 0.645. The largest absolute Gasteiger partial charge is 0.480 e. The molecule has 0 atom stereocenters. The molecule has 0 bridgehead atoms. The molecule has 1 heterocycles. The summed E-state index contributed by atoms with van der Waals surface area (Å²) in [5.74, 6) is -0.883. The van der Waals surface area contributed by atoms with E-state index in [4.69, 9.17) is 5.11 Å². The van der Waals surface area contributed by atoms with Crippen molar-refractivity contribution in [2.45, 2.75) is 26.3 Å².